The van der Waals surface area contributed by atoms with Crippen LogP contribution in [0.2, 0.25) is 0 Å². The van der Waals surface area contributed by atoms with Crippen LogP contribution in [0.4, 0.5) is 5.69 Å². The van der Waals surface area contributed by atoms with Crippen molar-refractivity contribution in [2.24, 2.45) is 0 Å². The van der Waals surface area contributed by atoms with Gasteiger partial charge in [0.05, 0.1) is 4.90 Å². The van der Waals surface area contributed by atoms with E-state index in [0.29, 0.717) is 11.4 Å². The van der Waals surface area contributed by atoms with E-state index in [1.807, 2.05) is 50.2 Å². The van der Waals surface area contributed by atoms with Crippen molar-refractivity contribution in [3.05, 3.63) is 36.4 Å². The first kappa shape index (κ1) is 15.8. The summed E-state index contributed by atoms with van der Waals surface area (Å²) in [5.41, 5.74) is 1.08. The Balaban J connectivity index is 2.40. The van der Waals surface area contributed by atoms with Gasteiger partial charge in [-0.3, -0.25) is 0 Å². The summed E-state index contributed by atoms with van der Waals surface area (Å²) in [7, 11) is 0.535. The van der Waals surface area contributed by atoms with Gasteiger partial charge in [0, 0.05) is 31.7 Å². The Labute approximate surface area is 126 Å². The fourth-order valence-corrected chi connectivity index (χ4v) is 3.38. The molecule has 0 fully saturated rings. The molecule has 114 valence electrons. The van der Waals surface area contributed by atoms with Crippen molar-refractivity contribution < 1.29 is 8.42 Å². The normalized spacial score (nSPS) is 11.8. The van der Waals surface area contributed by atoms with Gasteiger partial charge >= 0.3 is 0 Å². The maximum Gasteiger partial charge on any atom is 0.240 e. The predicted octanol–water partition coefficient (Wildman–Crippen LogP) is 2.98. The molecule has 1 N–H and O–H groups in total. The second-order valence-electron chi connectivity index (χ2n) is 5.31. The van der Waals surface area contributed by atoms with Crippen LogP contribution in [-0.4, -0.2) is 29.1 Å². The molecule has 0 atom stereocenters. The lowest BCUT2D eigenvalue weighted by atomic mass is 10.1. The van der Waals surface area contributed by atoms with Crippen molar-refractivity contribution in [2.75, 3.05) is 25.5 Å². The van der Waals surface area contributed by atoms with Gasteiger partial charge in [-0.1, -0.05) is 31.5 Å². The van der Waals surface area contributed by atoms with Gasteiger partial charge in [-0.15, -0.1) is 0 Å². The van der Waals surface area contributed by atoms with Gasteiger partial charge in [-0.25, -0.2) is 13.1 Å². The SMILES string of the molecule is CCCCNS(=O)(=O)c1ccc2c(N(C)C)cccc2c1. The van der Waals surface area contributed by atoms with Crippen LogP contribution in [0.25, 0.3) is 10.8 Å². The largest absolute Gasteiger partial charge is 0.377 e. The Kier molecular flexibility index (Phi) is 4.85. The van der Waals surface area contributed by atoms with E-state index in [0.717, 1.165) is 29.3 Å². The maximum atomic E-state index is 12.2. The minimum Gasteiger partial charge on any atom is -0.377 e. The Bertz CT molecular complexity index is 724. The maximum absolute atomic E-state index is 12.2. The molecular weight excluding hydrogens is 284 g/mol. The number of anilines is 1. The topological polar surface area (TPSA) is 49.4 Å². The molecule has 2 rings (SSSR count). The molecular formula is C16H22N2O2S. The summed E-state index contributed by atoms with van der Waals surface area (Å²) in [6.45, 7) is 2.52. The number of nitrogens with zero attached hydrogens (tertiary/aromatic N) is 1. The van der Waals surface area contributed by atoms with Crippen LogP contribution in [0.15, 0.2) is 41.3 Å². The zero-order valence-electron chi connectivity index (χ0n) is 12.8. The summed E-state index contributed by atoms with van der Waals surface area (Å²) >= 11 is 0. The van der Waals surface area contributed by atoms with E-state index in [9.17, 15) is 8.42 Å². The summed E-state index contributed by atoms with van der Waals surface area (Å²) in [6, 6.07) is 11.2. The average Bonchev–Trinajstić information content (AvgIpc) is 2.46. The lowest BCUT2D eigenvalue weighted by Crippen LogP contribution is -2.24. The highest BCUT2D eigenvalue weighted by molar-refractivity contribution is 7.89. The molecule has 0 amide bonds. The van der Waals surface area contributed by atoms with Crippen LogP contribution in [0, 0.1) is 0 Å². The molecule has 4 nitrogen and oxygen atoms in total. The van der Waals surface area contributed by atoms with Crippen molar-refractivity contribution in [1.29, 1.82) is 0 Å². The summed E-state index contributed by atoms with van der Waals surface area (Å²) in [4.78, 5) is 2.35. The number of hydrogen-bond acceptors (Lipinski definition) is 3. The van der Waals surface area contributed by atoms with E-state index in [1.54, 1.807) is 12.1 Å². The van der Waals surface area contributed by atoms with Crippen LogP contribution in [0.5, 0.6) is 0 Å². The summed E-state index contributed by atoms with van der Waals surface area (Å²) in [5, 5.41) is 1.98. The number of unbranched alkanes of at least 4 members (excludes halogenated alkanes) is 1. The molecule has 0 aromatic heterocycles. The number of rotatable bonds is 6. The molecule has 0 aliphatic heterocycles. The van der Waals surface area contributed by atoms with E-state index in [2.05, 4.69) is 4.72 Å². The Morgan fingerprint density at radius 2 is 1.90 bits per heavy atom. The molecule has 0 bridgehead atoms. The number of sulfonamides is 1. The van der Waals surface area contributed by atoms with Crippen LogP contribution in [0.3, 0.4) is 0 Å². The molecule has 0 spiro atoms. The summed E-state index contributed by atoms with van der Waals surface area (Å²) in [5.74, 6) is 0. The first-order valence-corrected chi connectivity index (χ1v) is 8.64. The summed E-state index contributed by atoms with van der Waals surface area (Å²) in [6.07, 6.45) is 1.81. The minimum absolute atomic E-state index is 0.321. The van der Waals surface area contributed by atoms with Gasteiger partial charge in [0.1, 0.15) is 0 Å². The fraction of sp³-hybridized carbons (Fsp3) is 0.375. The highest BCUT2D eigenvalue weighted by atomic mass is 32.2. The third-order valence-corrected chi connectivity index (χ3v) is 4.90. The molecule has 0 radical (unpaired) electrons. The molecule has 2 aromatic carbocycles. The Morgan fingerprint density at radius 1 is 1.14 bits per heavy atom. The van der Waals surface area contributed by atoms with Gasteiger partial charge in [0.15, 0.2) is 0 Å². The van der Waals surface area contributed by atoms with E-state index in [1.165, 1.54) is 0 Å². The third kappa shape index (κ3) is 3.54. The van der Waals surface area contributed by atoms with Crippen molar-refractivity contribution in [2.45, 2.75) is 24.7 Å². The van der Waals surface area contributed by atoms with Gasteiger partial charge < -0.3 is 4.90 Å². The third-order valence-electron chi connectivity index (χ3n) is 3.44. The zero-order chi connectivity index (χ0) is 15.5. The summed E-state index contributed by atoms with van der Waals surface area (Å²) < 4.78 is 27.1. The second-order valence-corrected chi connectivity index (χ2v) is 7.07. The Hall–Kier alpha value is -1.59. The van der Waals surface area contributed by atoms with Crippen LogP contribution in [0.1, 0.15) is 19.8 Å². The smallest absolute Gasteiger partial charge is 0.240 e. The first-order valence-electron chi connectivity index (χ1n) is 7.15. The lowest BCUT2D eigenvalue weighted by molar-refractivity contribution is 0.578. The van der Waals surface area contributed by atoms with Crippen LogP contribution < -0.4 is 9.62 Å². The van der Waals surface area contributed by atoms with Gasteiger partial charge in [-0.2, -0.15) is 0 Å². The molecule has 0 unspecified atom stereocenters. The monoisotopic (exact) mass is 306 g/mol. The van der Waals surface area contributed by atoms with E-state index in [-0.39, 0.29) is 0 Å². The van der Waals surface area contributed by atoms with Crippen molar-refractivity contribution >= 4 is 26.5 Å². The molecule has 21 heavy (non-hydrogen) atoms. The number of hydrogen-bond donors (Lipinski definition) is 1. The quantitative estimate of drug-likeness (QED) is 0.835. The number of benzene rings is 2. The molecule has 0 saturated heterocycles. The second kappa shape index (κ2) is 6.45. The van der Waals surface area contributed by atoms with Gasteiger partial charge in [0.25, 0.3) is 0 Å². The van der Waals surface area contributed by atoms with E-state index in [4.69, 9.17) is 0 Å². The number of nitrogens with one attached hydrogen (secondary N) is 1. The zero-order valence-corrected chi connectivity index (χ0v) is 13.6. The Morgan fingerprint density at radius 3 is 2.57 bits per heavy atom. The molecule has 2 aromatic rings. The predicted molar refractivity (Wildman–Crippen MR) is 88.4 cm³/mol. The van der Waals surface area contributed by atoms with Crippen LogP contribution in [-0.2, 0) is 10.0 Å². The lowest BCUT2D eigenvalue weighted by Gasteiger charge is -2.16. The highest BCUT2D eigenvalue weighted by Crippen LogP contribution is 2.27. The fourth-order valence-electron chi connectivity index (χ4n) is 2.27. The van der Waals surface area contributed by atoms with Crippen LogP contribution >= 0.6 is 0 Å². The molecule has 0 aliphatic carbocycles. The van der Waals surface area contributed by atoms with Gasteiger partial charge in [0.2, 0.25) is 10.0 Å². The van der Waals surface area contributed by atoms with Crippen molar-refractivity contribution in [3.63, 3.8) is 0 Å². The van der Waals surface area contributed by atoms with E-state index < -0.39 is 10.0 Å². The molecule has 0 saturated carbocycles. The van der Waals surface area contributed by atoms with Crippen molar-refractivity contribution in [1.82, 2.24) is 4.72 Å². The molecule has 0 aliphatic rings. The standard InChI is InChI=1S/C16H22N2O2S/c1-4-5-11-17-21(19,20)14-9-10-15-13(12-14)7-6-8-16(15)18(2)3/h6-10,12,17H,4-5,11H2,1-3H3. The van der Waals surface area contributed by atoms with Gasteiger partial charge in [-0.05, 0) is 30.0 Å². The van der Waals surface area contributed by atoms with E-state index >= 15 is 0 Å². The molecule has 0 heterocycles. The first-order chi connectivity index (χ1) is 9.95. The van der Waals surface area contributed by atoms with Crippen molar-refractivity contribution in [3.8, 4) is 0 Å². The number of fused-ring (bicyclic) bond motifs is 1. The highest BCUT2D eigenvalue weighted by Gasteiger charge is 2.14. The molecule has 5 heteroatoms. The minimum atomic E-state index is -3.42. The average molecular weight is 306 g/mol.